The van der Waals surface area contributed by atoms with Gasteiger partial charge in [-0.2, -0.15) is 0 Å². The highest BCUT2D eigenvalue weighted by Crippen LogP contribution is 2.22. The van der Waals surface area contributed by atoms with Crippen LogP contribution < -0.4 is 0 Å². The van der Waals surface area contributed by atoms with Crippen molar-refractivity contribution in [2.75, 3.05) is 39.3 Å². The van der Waals surface area contributed by atoms with Gasteiger partial charge in [0.25, 0.3) is 5.91 Å². The normalized spacial score (nSPS) is 21.3. The van der Waals surface area contributed by atoms with Gasteiger partial charge in [0.2, 0.25) is 5.91 Å². The Balaban J connectivity index is 1.36. The number of piperidine rings is 1. The number of hydrogen-bond donors (Lipinski definition) is 0. The van der Waals surface area contributed by atoms with Gasteiger partial charge < -0.3 is 14.4 Å². The van der Waals surface area contributed by atoms with E-state index >= 15 is 0 Å². The van der Waals surface area contributed by atoms with E-state index in [1.165, 1.54) is 6.42 Å². The number of piperazine rings is 1. The van der Waals surface area contributed by atoms with E-state index in [0.717, 1.165) is 48.9 Å². The molecule has 2 aliphatic rings. The molecule has 2 amide bonds. The Morgan fingerprint density at radius 1 is 1.04 bits per heavy atom. The lowest BCUT2D eigenvalue weighted by molar-refractivity contribution is -0.136. The van der Waals surface area contributed by atoms with E-state index in [4.69, 9.17) is 0 Å². The van der Waals surface area contributed by atoms with E-state index in [9.17, 15) is 9.59 Å². The number of likely N-dealkylation sites (tertiary alicyclic amines) is 1. The largest absolute Gasteiger partial charge is 0.350 e. The third-order valence-corrected chi connectivity index (χ3v) is 6.27. The highest BCUT2D eigenvalue weighted by molar-refractivity contribution is 6.07. The summed E-state index contributed by atoms with van der Waals surface area (Å²) < 4.78 is 2.01. The molecule has 6 nitrogen and oxygen atoms in total. The first-order chi connectivity index (χ1) is 13.5. The Morgan fingerprint density at radius 2 is 1.79 bits per heavy atom. The second-order valence-corrected chi connectivity index (χ2v) is 8.17. The number of rotatable bonds is 3. The predicted octanol–water partition coefficient (Wildman–Crippen LogP) is 2.34. The predicted molar refractivity (Wildman–Crippen MR) is 110 cm³/mol. The molecular weight excluding hydrogens is 352 g/mol. The van der Waals surface area contributed by atoms with Crippen LogP contribution in [0.3, 0.4) is 0 Å². The van der Waals surface area contributed by atoms with Gasteiger partial charge in [-0.15, -0.1) is 0 Å². The van der Waals surface area contributed by atoms with Gasteiger partial charge in [-0.25, -0.2) is 0 Å². The van der Waals surface area contributed by atoms with Crippen LogP contribution in [0.5, 0.6) is 0 Å². The lowest BCUT2D eigenvalue weighted by atomic mass is 10.0. The minimum Gasteiger partial charge on any atom is -0.350 e. The monoisotopic (exact) mass is 382 g/mol. The van der Waals surface area contributed by atoms with Crippen molar-refractivity contribution >= 4 is 22.7 Å². The molecule has 0 radical (unpaired) electrons. The maximum absolute atomic E-state index is 13.1. The van der Waals surface area contributed by atoms with Crippen LogP contribution in [0.4, 0.5) is 0 Å². The van der Waals surface area contributed by atoms with Gasteiger partial charge >= 0.3 is 0 Å². The number of nitrogens with zero attached hydrogens (tertiary/aromatic N) is 4. The molecule has 1 unspecified atom stereocenters. The summed E-state index contributed by atoms with van der Waals surface area (Å²) in [7, 11) is 1.98. The minimum absolute atomic E-state index is 0.0902. The van der Waals surface area contributed by atoms with E-state index in [1.54, 1.807) is 0 Å². The van der Waals surface area contributed by atoms with Gasteiger partial charge in [-0.05, 0) is 32.3 Å². The van der Waals surface area contributed by atoms with Gasteiger partial charge in [-0.1, -0.05) is 18.2 Å². The lowest BCUT2D eigenvalue weighted by Gasteiger charge is -2.38. The number of carbonyl (C=O) groups is 2. The van der Waals surface area contributed by atoms with Crippen molar-refractivity contribution in [1.82, 2.24) is 19.3 Å². The fraction of sp³-hybridized carbons (Fsp3) is 0.545. The molecule has 1 atom stereocenters. The number of aromatic nitrogens is 1. The van der Waals surface area contributed by atoms with Gasteiger partial charge in [0.05, 0.1) is 12.1 Å². The molecule has 3 heterocycles. The van der Waals surface area contributed by atoms with Gasteiger partial charge in [0.1, 0.15) is 0 Å². The van der Waals surface area contributed by atoms with E-state index in [0.29, 0.717) is 25.7 Å². The van der Waals surface area contributed by atoms with Crippen molar-refractivity contribution in [3.8, 4) is 0 Å². The number of para-hydroxylation sites is 1. The van der Waals surface area contributed by atoms with Crippen molar-refractivity contribution in [1.29, 1.82) is 0 Å². The zero-order valence-electron chi connectivity index (χ0n) is 16.9. The Hall–Kier alpha value is -2.34. The molecule has 28 heavy (non-hydrogen) atoms. The fourth-order valence-corrected chi connectivity index (χ4v) is 4.54. The zero-order chi connectivity index (χ0) is 19.7. The summed E-state index contributed by atoms with van der Waals surface area (Å²) in [6.45, 7) is 6.36. The summed E-state index contributed by atoms with van der Waals surface area (Å²) in [5, 5.41) is 1.01. The summed E-state index contributed by atoms with van der Waals surface area (Å²) >= 11 is 0. The highest BCUT2D eigenvalue weighted by Gasteiger charge is 2.28. The van der Waals surface area contributed by atoms with Gasteiger partial charge in [-0.3, -0.25) is 14.5 Å². The van der Waals surface area contributed by atoms with Crippen LogP contribution >= 0.6 is 0 Å². The highest BCUT2D eigenvalue weighted by atomic mass is 16.2. The summed E-state index contributed by atoms with van der Waals surface area (Å²) in [6, 6.07) is 8.38. The quantitative estimate of drug-likeness (QED) is 0.819. The molecule has 6 heteroatoms. The molecule has 2 aromatic rings. The topological polar surface area (TPSA) is 48.8 Å². The van der Waals surface area contributed by atoms with E-state index in [-0.39, 0.29) is 11.8 Å². The van der Waals surface area contributed by atoms with Crippen LogP contribution in [0.15, 0.2) is 30.5 Å². The average molecular weight is 383 g/mol. The summed E-state index contributed by atoms with van der Waals surface area (Å²) in [6.07, 6.45) is 5.38. The van der Waals surface area contributed by atoms with Crippen molar-refractivity contribution in [2.24, 2.45) is 7.05 Å². The first-order valence-corrected chi connectivity index (χ1v) is 10.4. The Labute approximate surface area is 166 Å². The number of amides is 2. The second-order valence-electron chi connectivity index (χ2n) is 8.17. The first kappa shape index (κ1) is 19.0. The molecule has 0 bridgehead atoms. The minimum atomic E-state index is 0.0902. The third kappa shape index (κ3) is 3.65. The van der Waals surface area contributed by atoms with Crippen LogP contribution in [0.2, 0.25) is 0 Å². The molecule has 2 fully saturated rings. The van der Waals surface area contributed by atoms with E-state index in [2.05, 4.69) is 11.8 Å². The SMILES string of the molecule is CC1CCCCN1C(=O)CN1CCN(C(=O)c2cn(C)c3ccccc23)CC1. The molecule has 150 valence electrons. The van der Waals surface area contributed by atoms with Crippen LogP contribution in [-0.4, -0.2) is 76.4 Å². The van der Waals surface area contributed by atoms with Crippen molar-refractivity contribution in [3.63, 3.8) is 0 Å². The zero-order valence-corrected chi connectivity index (χ0v) is 16.9. The molecule has 1 aromatic heterocycles. The van der Waals surface area contributed by atoms with Crippen molar-refractivity contribution in [2.45, 2.75) is 32.2 Å². The lowest BCUT2D eigenvalue weighted by Crippen LogP contribution is -2.53. The molecule has 4 rings (SSSR count). The molecule has 0 N–H and O–H groups in total. The maximum atomic E-state index is 13.1. The molecule has 2 saturated heterocycles. The number of hydrogen-bond acceptors (Lipinski definition) is 3. The molecule has 0 aliphatic carbocycles. The Morgan fingerprint density at radius 3 is 2.54 bits per heavy atom. The Bertz CT molecular complexity index is 867. The number of aryl methyl sites for hydroxylation is 1. The molecule has 2 aliphatic heterocycles. The van der Waals surface area contributed by atoms with Crippen LogP contribution in [0.25, 0.3) is 10.9 Å². The summed E-state index contributed by atoms with van der Waals surface area (Å²) in [5.41, 5.74) is 1.84. The second kappa shape index (κ2) is 7.95. The van der Waals surface area contributed by atoms with Crippen LogP contribution in [0, 0.1) is 0 Å². The standard InChI is InChI=1S/C22H30N4O2/c1-17-7-5-6-10-26(17)21(27)16-24-11-13-25(14-12-24)22(28)19-15-23(2)20-9-4-3-8-18(19)20/h3-4,8-9,15,17H,5-7,10-14,16H2,1-2H3. The summed E-state index contributed by atoms with van der Waals surface area (Å²) in [5.74, 6) is 0.327. The van der Waals surface area contributed by atoms with E-state index < -0.39 is 0 Å². The van der Waals surface area contributed by atoms with Crippen LogP contribution in [0.1, 0.15) is 36.5 Å². The number of carbonyl (C=O) groups excluding carboxylic acids is 2. The van der Waals surface area contributed by atoms with E-state index in [1.807, 2.05) is 51.9 Å². The smallest absolute Gasteiger partial charge is 0.256 e. The first-order valence-electron chi connectivity index (χ1n) is 10.4. The molecule has 0 saturated carbocycles. The summed E-state index contributed by atoms with van der Waals surface area (Å²) in [4.78, 5) is 31.9. The third-order valence-electron chi connectivity index (χ3n) is 6.27. The maximum Gasteiger partial charge on any atom is 0.256 e. The van der Waals surface area contributed by atoms with Gasteiger partial charge in [0, 0.05) is 62.9 Å². The number of fused-ring (bicyclic) bond motifs is 1. The molecule has 0 spiro atoms. The Kier molecular flexibility index (Phi) is 5.40. The van der Waals surface area contributed by atoms with Crippen LogP contribution in [-0.2, 0) is 11.8 Å². The molecular formula is C22H30N4O2. The fourth-order valence-electron chi connectivity index (χ4n) is 4.54. The van der Waals surface area contributed by atoms with Crippen molar-refractivity contribution < 1.29 is 9.59 Å². The number of benzene rings is 1. The molecule has 1 aromatic carbocycles. The van der Waals surface area contributed by atoms with Crippen molar-refractivity contribution in [3.05, 3.63) is 36.0 Å². The average Bonchev–Trinajstić information content (AvgIpc) is 3.05. The van der Waals surface area contributed by atoms with Gasteiger partial charge in [0.15, 0.2) is 0 Å².